The average molecular weight is 88.0 g/mol. The number of rotatable bonds is 0. The zero-order valence-corrected chi connectivity index (χ0v) is 2.30. The molecule has 0 aromatic carbocycles. The Morgan fingerprint density at radius 2 is 1.33 bits per heavy atom. The van der Waals surface area contributed by atoms with Crippen LogP contribution >= 0.6 is 0 Å². The molecule has 0 amide bonds. The molecule has 0 unspecified atom stereocenters. The molecule has 4 nitrogen and oxygen atoms in total. The zero-order valence-electron chi connectivity index (χ0n) is 2.30. The van der Waals surface area contributed by atoms with E-state index in [1.54, 1.807) is 0 Å². The zero-order chi connectivity index (χ0) is 3.58. The molecule has 0 heterocycles. The second kappa shape index (κ2) is 8.85. The summed E-state index contributed by atoms with van der Waals surface area (Å²) in [5, 5.41) is 13.9. The molecule has 0 saturated carbocycles. The van der Waals surface area contributed by atoms with Crippen molar-refractivity contribution in [3.8, 4) is 0 Å². The van der Waals surface area contributed by atoms with Gasteiger partial charge >= 0.3 is 25.0 Å². The van der Waals surface area contributed by atoms with E-state index in [4.69, 9.17) is 15.0 Å². The van der Waals surface area contributed by atoms with Crippen LogP contribution in [0, 0.1) is 0 Å². The maximum atomic E-state index is 8.56. The van der Waals surface area contributed by atoms with Gasteiger partial charge in [0.05, 0.1) is 0 Å². The molecular formula is CH5LiO4. The van der Waals surface area contributed by atoms with Gasteiger partial charge in [0.1, 0.15) is 0 Å². The summed E-state index contributed by atoms with van der Waals surface area (Å²) in [5.41, 5.74) is 0. The molecule has 0 aliphatic heterocycles. The third-order valence-corrected chi connectivity index (χ3v) is 0. The van der Waals surface area contributed by atoms with Crippen molar-refractivity contribution in [3.05, 3.63) is 0 Å². The van der Waals surface area contributed by atoms with Gasteiger partial charge in [-0.05, 0) is 0 Å². The van der Waals surface area contributed by atoms with Crippen LogP contribution in [0.25, 0.3) is 0 Å². The van der Waals surface area contributed by atoms with Crippen LogP contribution in [0.1, 0.15) is 0 Å². The third kappa shape index (κ3) is 1030. The van der Waals surface area contributed by atoms with Gasteiger partial charge in [0, 0.05) is 0 Å². The molecule has 0 aromatic rings. The molecule has 0 aliphatic carbocycles. The molecule has 0 aliphatic rings. The van der Waals surface area contributed by atoms with Crippen molar-refractivity contribution in [1.82, 2.24) is 0 Å². The Balaban J connectivity index is -0.0000000450. The molecule has 0 rings (SSSR count). The van der Waals surface area contributed by atoms with E-state index < -0.39 is 6.16 Å². The molecule has 0 atom stereocenters. The molecule has 5 heteroatoms. The average Bonchev–Trinajstić information content (AvgIpc) is 0.811. The molecule has 6 heavy (non-hydrogen) atoms. The van der Waals surface area contributed by atoms with E-state index >= 15 is 0 Å². The van der Waals surface area contributed by atoms with Crippen LogP contribution < -0.4 is 0 Å². The Morgan fingerprint density at radius 1 is 1.33 bits per heavy atom. The fraction of sp³-hybridized carbons (Fsp3) is 0. The van der Waals surface area contributed by atoms with Crippen molar-refractivity contribution in [2.24, 2.45) is 0 Å². The summed E-state index contributed by atoms with van der Waals surface area (Å²) in [4.78, 5) is 8.56. The molecule has 0 spiro atoms. The van der Waals surface area contributed by atoms with Gasteiger partial charge < -0.3 is 15.7 Å². The monoisotopic (exact) mass is 88.0 g/mol. The van der Waals surface area contributed by atoms with E-state index in [0.717, 1.165) is 0 Å². The fourth-order valence-corrected chi connectivity index (χ4v) is 0. The quantitative estimate of drug-likeness (QED) is 0.362. The third-order valence-electron chi connectivity index (χ3n) is 0. The van der Waals surface area contributed by atoms with E-state index in [9.17, 15) is 0 Å². The van der Waals surface area contributed by atoms with Crippen LogP contribution in [0.5, 0.6) is 0 Å². The van der Waals surface area contributed by atoms with Gasteiger partial charge in [-0.15, -0.1) is 0 Å². The van der Waals surface area contributed by atoms with Crippen molar-refractivity contribution in [3.63, 3.8) is 0 Å². The van der Waals surface area contributed by atoms with E-state index in [-0.39, 0.29) is 24.3 Å². The summed E-state index contributed by atoms with van der Waals surface area (Å²) in [6, 6.07) is 0. The molecule has 0 saturated heterocycles. The predicted molar refractivity (Wildman–Crippen MR) is 21.4 cm³/mol. The molecule has 34 valence electrons. The standard InChI is InChI=1S/CH2O3.Li.H2O.H/c2-1(3)4;;;/h(H2,2,3,4);;1H2;. The van der Waals surface area contributed by atoms with E-state index in [2.05, 4.69) is 0 Å². The summed E-state index contributed by atoms with van der Waals surface area (Å²) in [6.07, 6.45) is -1.83. The molecule has 4 N–H and O–H groups in total. The van der Waals surface area contributed by atoms with Crippen molar-refractivity contribution < 1.29 is 20.5 Å². The Bertz CT molecular complexity index is 30.5. The summed E-state index contributed by atoms with van der Waals surface area (Å²) < 4.78 is 0. The van der Waals surface area contributed by atoms with Crippen LogP contribution in [0.4, 0.5) is 4.79 Å². The summed E-state index contributed by atoms with van der Waals surface area (Å²) in [7, 11) is 0. The van der Waals surface area contributed by atoms with Gasteiger partial charge in [0.25, 0.3) is 0 Å². The van der Waals surface area contributed by atoms with Crippen molar-refractivity contribution in [1.29, 1.82) is 0 Å². The van der Waals surface area contributed by atoms with Gasteiger partial charge in [-0.2, -0.15) is 0 Å². The molecule has 0 fully saturated rings. The van der Waals surface area contributed by atoms with Gasteiger partial charge in [-0.25, -0.2) is 4.79 Å². The first-order valence-corrected chi connectivity index (χ1v) is 0.651. The van der Waals surface area contributed by atoms with Crippen LogP contribution in [-0.4, -0.2) is 40.7 Å². The number of carbonyl (C=O) groups is 1. The SMILES string of the molecule is O.O=C(O)O.[LiH]. The van der Waals surface area contributed by atoms with Crippen molar-refractivity contribution in [2.75, 3.05) is 0 Å². The van der Waals surface area contributed by atoms with Crippen LogP contribution in [0.3, 0.4) is 0 Å². The van der Waals surface area contributed by atoms with Crippen molar-refractivity contribution in [2.45, 2.75) is 0 Å². The summed E-state index contributed by atoms with van der Waals surface area (Å²) >= 11 is 0. The van der Waals surface area contributed by atoms with Crippen molar-refractivity contribution >= 4 is 25.0 Å². The predicted octanol–water partition coefficient (Wildman–Crippen LogP) is -1.25. The Morgan fingerprint density at radius 3 is 1.33 bits per heavy atom. The number of hydrogen-bond donors (Lipinski definition) is 2. The second-order valence-corrected chi connectivity index (χ2v) is 0.283. The minimum absolute atomic E-state index is 0. The number of hydrogen-bond acceptors (Lipinski definition) is 1. The topological polar surface area (TPSA) is 89.0 Å². The van der Waals surface area contributed by atoms with Gasteiger partial charge in [-0.3, -0.25) is 0 Å². The van der Waals surface area contributed by atoms with E-state index in [1.807, 2.05) is 0 Å². The van der Waals surface area contributed by atoms with Crippen LogP contribution in [-0.2, 0) is 0 Å². The normalized spacial score (nSPS) is 4.00. The minimum atomic E-state index is -1.83. The first kappa shape index (κ1) is 17.0. The Hall–Kier alpha value is -0.173. The van der Waals surface area contributed by atoms with E-state index in [0.29, 0.717) is 0 Å². The first-order chi connectivity index (χ1) is 1.73. The molecule has 0 bridgehead atoms. The maximum absolute atomic E-state index is 8.56. The molecule has 0 aromatic heterocycles. The summed E-state index contributed by atoms with van der Waals surface area (Å²) in [5.74, 6) is 0. The van der Waals surface area contributed by atoms with Gasteiger partial charge in [0.15, 0.2) is 0 Å². The van der Waals surface area contributed by atoms with Crippen LogP contribution in [0.2, 0.25) is 0 Å². The Labute approximate surface area is 46.3 Å². The summed E-state index contributed by atoms with van der Waals surface area (Å²) in [6.45, 7) is 0. The van der Waals surface area contributed by atoms with Gasteiger partial charge in [-0.1, -0.05) is 0 Å². The van der Waals surface area contributed by atoms with E-state index in [1.165, 1.54) is 0 Å². The van der Waals surface area contributed by atoms with Crippen LogP contribution in [0.15, 0.2) is 0 Å². The molecule has 0 radical (unpaired) electrons. The fourth-order valence-electron chi connectivity index (χ4n) is 0. The first-order valence-electron chi connectivity index (χ1n) is 0.651. The molecular weight excluding hydrogens is 82.9 g/mol. The second-order valence-electron chi connectivity index (χ2n) is 0.283. The van der Waals surface area contributed by atoms with Gasteiger partial charge in [0.2, 0.25) is 0 Å². The Kier molecular flexibility index (Phi) is 25.0. The number of carboxylic acid groups (broad SMARTS) is 2.